The first-order valence-electron chi connectivity index (χ1n) is 4.31. The van der Waals surface area contributed by atoms with Crippen molar-refractivity contribution < 1.29 is 4.79 Å². The molecule has 2 atom stereocenters. The molecule has 12 heavy (non-hydrogen) atoms. The predicted molar refractivity (Wildman–Crippen MR) is 47.3 cm³/mol. The Bertz CT molecular complexity index is 183. The Morgan fingerprint density at radius 3 is 2.58 bits per heavy atom. The third-order valence-electron chi connectivity index (χ3n) is 1.70. The molecular formula is C9H16N2O. The van der Waals surface area contributed by atoms with Crippen LogP contribution >= 0.6 is 0 Å². The lowest BCUT2D eigenvalue weighted by Gasteiger charge is -2.13. The molecule has 0 fully saturated rings. The zero-order valence-electron chi connectivity index (χ0n) is 7.92. The average Bonchev–Trinajstić information content (AvgIpc) is 2.03. The van der Waals surface area contributed by atoms with Gasteiger partial charge >= 0.3 is 0 Å². The lowest BCUT2D eigenvalue weighted by atomic mass is 10.1. The van der Waals surface area contributed by atoms with Gasteiger partial charge in [-0.2, -0.15) is 5.26 Å². The second-order valence-corrected chi connectivity index (χ2v) is 3.05. The van der Waals surface area contributed by atoms with Crippen LogP contribution in [0.1, 0.15) is 33.6 Å². The largest absolute Gasteiger partial charge is 0.353 e. The van der Waals surface area contributed by atoms with Crippen molar-refractivity contribution in [2.45, 2.75) is 39.7 Å². The summed E-state index contributed by atoms with van der Waals surface area (Å²) in [6.45, 7) is 5.62. The predicted octanol–water partition coefficient (Wildman–Crippen LogP) is 1.45. The minimum Gasteiger partial charge on any atom is -0.353 e. The topological polar surface area (TPSA) is 52.9 Å². The summed E-state index contributed by atoms with van der Waals surface area (Å²) in [6, 6.07) is 2.08. The first-order chi connectivity index (χ1) is 5.61. The number of nitrogens with zero attached hydrogens (tertiary/aromatic N) is 1. The fraction of sp³-hybridized carbons (Fsp3) is 0.778. The average molecular weight is 168 g/mol. The molecule has 0 bridgehead atoms. The van der Waals surface area contributed by atoms with Crippen molar-refractivity contribution in [1.29, 1.82) is 5.26 Å². The van der Waals surface area contributed by atoms with Crippen LogP contribution in [-0.2, 0) is 4.79 Å². The van der Waals surface area contributed by atoms with E-state index in [0.29, 0.717) is 0 Å². The molecule has 1 N–H and O–H groups in total. The van der Waals surface area contributed by atoms with Gasteiger partial charge in [0.1, 0.15) is 5.92 Å². The van der Waals surface area contributed by atoms with Crippen molar-refractivity contribution in [3.63, 3.8) is 0 Å². The van der Waals surface area contributed by atoms with E-state index in [9.17, 15) is 4.79 Å². The summed E-state index contributed by atoms with van der Waals surface area (Å²) >= 11 is 0. The van der Waals surface area contributed by atoms with Gasteiger partial charge in [-0.05, 0) is 20.3 Å². The number of nitrogens with one attached hydrogen (secondary N) is 1. The summed E-state index contributed by atoms with van der Waals surface area (Å²) in [5.41, 5.74) is 0. The maximum Gasteiger partial charge on any atom is 0.237 e. The van der Waals surface area contributed by atoms with E-state index in [1.807, 2.05) is 13.0 Å². The van der Waals surface area contributed by atoms with Crippen LogP contribution in [-0.4, -0.2) is 11.9 Å². The molecule has 0 aromatic carbocycles. The van der Waals surface area contributed by atoms with Crippen molar-refractivity contribution >= 4 is 5.91 Å². The van der Waals surface area contributed by atoms with Crippen LogP contribution in [0.2, 0.25) is 0 Å². The van der Waals surface area contributed by atoms with Gasteiger partial charge < -0.3 is 5.32 Å². The Morgan fingerprint density at radius 1 is 1.58 bits per heavy atom. The summed E-state index contributed by atoms with van der Waals surface area (Å²) in [6.07, 6.45) is 2.01. The Hall–Kier alpha value is -1.04. The summed E-state index contributed by atoms with van der Waals surface area (Å²) in [5.74, 6) is -0.706. The van der Waals surface area contributed by atoms with Crippen molar-refractivity contribution in [3.05, 3.63) is 0 Å². The monoisotopic (exact) mass is 168 g/mol. The Labute approximate surface area is 73.8 Å². The molecule has 0 aromatic heterocycles. The van der Waals surface area contributed by atoms with Gasteiger partial charge in [0.2, 0.25) is 5.91 Å². The number of rotatable bonds is 4. The van der Waals surface area contributed by atoms with Gasteiger partial charge in [-0.1, -0.05) is 13.3 Å². The summed E-state index contributed by atoms with van der Waals surface area (Å²) in [4.78, 5) is 11.1. The van der Waals surface area contributed by atoms with E-state index in [1.54, 1.807) is 6.92 Å². The van der Waals surface area contributed by atoms with E-state index in [-0.39, 0.29) is 11.9 Å². The summed E-state index contributed by atoms with van der Waals surface area (Å²) < 4.78 is 0. The van der Waals surface area contributed by atoms with Crippen molar-refractivity contribution in [1.82, 2.24) is 5.32 Å². The van der Waals surface area contributed by atoms with E-state index in [1.165, 1.54) is 0 Å². The van der Waals surface area contributed by atoms with Crippen LogP contribution in [0, 0.1) is 17.2 Å². The molecule has 3 heteroatoms. The maximum atomic E-state index is 11.1. The molecular weight excluding hydrogens is 152 g/mol. The first-order valence-corrected chi connectivity index (χ1v) is 4.31. The zero-order valence-corrected chi connectivity index (χ0v) is 7.92. The highest BCUT2D eigenvalue weighted by Crippen LogP contribution is 1.98. The van der Waals surface area contributed by atoms with E-state index in [4.69, 9.17) is 5.26 Å². The van der Waals surface area contributed by atoms with Gasteiger partial charge in [0.15, 0.2) is 0 Å². The fourth-order valence-electron chi connectivity index (χ4n) is 0.932. The van der Waals surface area contributed by atoms with Crippen LogP contribution in [0.5, 0.6) is 0 Å². The van der Waals surface area contributed by atoms with E-state index >= 15 is 0 Å². The molecule has 0 spiro atoms. The van der Waals surface area contributed by atoms with Crippen LogP contribution in [0.4, 0.5) is 0 Å². The standard InChI is InChI=1S/C9H16N2O/c1-4-5-8(3)11-9(12)7(2)6-10/h7-8H,4-5H2,1-3H3,(H,11,12). The second kappa shape index (κ2) is 5.59. The van der Waals surface area contributed by atoms with Crippen molar-refractivity contribution in [3.8, 4) is 6.07 Å². The minimum absolute atomic E-state index is 0.168. The highest BCUT2D eigenvalue weighted by atomic mass is 16.1. The zero-order chi connectivity index (χ0) is 9.56. The molecule has 2 unspecified atom stereocenters. The summed E-state index contributed by atoms with van der Waals surface area (Å²) in [5, 5.41) is 11.2. The third kappa shape index (κ3) is 3.97. The Morgan fingerprint density at radius 2 is 2.17 bits per heavy atom. The number of carbonyl (C=O) groups excluding carboxylic acids is 1. The summed E-state index contributed by atoms with van der Waals surface area (Å²) in [7, 11) is 0. The number of hydrogen-bond acceptors (Lipinski definition) is 2. The molecule has 0 saturated heterocycles. The molecule has 0 aromatic rings. The number of amides is 1. The highest BCUT2D eigenvalue weighted by molar-refractivity contribution is 5.80. The van der Waals surface area contributed by atoms with Crippen LogP contribution < -0.4 is 5.32 Å². The lowest BCUT2D eigenvalue weighted by molar-refractivity contribution is -0.123. The Balaban J connectivity index is 3.77. The van der Waals surface area contributed by atoms with E-state index in [0.717, 1.165) is 12.8 Å². The van der Waals surface area contributed by atoms with Gasteiger partial charge in [-0.3, -0.25) is 4.79 Å². The molecule has 0 aliphatic carbocycles. The van der Waals surface area contributed by atoms with Gasteiger partial charge in [0, 0.05) is 6.04 Å². The van der Waals surface area contributed by atoms with E-state index < -0.39 is 5.92 Å². The molecule has 68 valence electrons. The molecule has 0 aliphatic rings. The van der Waals surface area contributed by atoms with Crippen molar-refractivity contribution in [2.75, 3.05) is 0 Å². The van der Waals surface area contributed by atoms with Gasteiger partial charge in [0.05, 0.1) is 6.07 Å². The second-order valence-electron chi connectivity index (χ2n) is 3.05. The first kappa shape index (κ1) is 11.0. The molecule has 1 amide bonds. The quantitative estimate of drug-likeness (QED) is 0.690. The molecule has 0 rings (SSSR count). The molecule has 0 radical (unpaired) electrons. The molecule has 0 aliphatic heterocycles. The fourth-order valence-corrected chi connectivity index (χ4v) is 0.932. The maximum absolute atomic E-state index is 11.1. The lowest BCUT2D eigenvalue weighted by Crippen LogP contribution is -2.35. The van der Waals surface area contributed by atoms with Crippen molar-refractivity contribution in [2.24, 2.45) is 5.92 Å². The Kier molecular flexibility index (Phi) is 5.11. The smallest absolute Gasteiger partial charge is 0.237 e. The van der Waals surface area contributed by atoms with Crippen LogP contribution in [0.3, 0.4) is 0 Å². The normalized spacial score (nSPS) is 14.5. The van der Waals surface area contributed by atoms with Gasteiger partial charge in [-0.25, -0.2) is 0 Å². The van der Waals surface area contributed by atoms with Gasteiger partial charge in [0.25, 0.3) is 0 Å². The van der Waals surface area contributed by atoms with E-state index in [2.05, 4.69) is 12.2 Å². The number of hydrogen-bond donors (Lipinski definition) is 1. The number of nitriles is 1. The molecule has 0 heterocycles. The van der Waals surface area contributed by atoms with Crippen LogP contribution in [0.15, 0.2) is 0 Å². The SMILES string of the molecule is CCCC(C)NC(=O)C(C)C#N. The molecule has 0 saturated carbocycles. The molecule has 3 nitrogen and oxygen atoms in total. The van der Waals surface area contributed by atoms with Gasteiger partial charge in [-0.15, -0.1) is 0 Å². The highest BCUT2D eigenvalue weighted by Gasteiger charge is 2.13. The van der Waals surface area contributed by atoms with Crippen LogP contribution in [0.25, 0.3) is 0 Å². The third-order valence-corrected chi connectivity index (χ3v) is 1.70. The minimum atomic E-state index is -0.538. The number of carbonyl (C=O) groups is 1.